The second kappa shape index (κ2) is 4.79. The molecule has 0 amide bonds. The Hall–Kier alpha value is -1.65. The van der Waals surface area contributed by atoms with Gasteiger partial charge in [-0.05, 0) is 46.6 Å². The molecule has 19 heavy (non-hydrogen) atoms. The molecule has 1 aromatic carbocycles. The molecule has 0 saturated carbocycles. The Morgan fingerprint density at radius 1 is 1.32 bits per heavy atom. The van der Waals surface area contributed by atoms with Gasteiger partial charge >= 0.3 is 0 Å². The number of nitrogens with zero attached hydrogens (tertiary/aromatic N) is 1. The quantitative estimate of drug-likeness (QED) is 0.777. The van der Waals surface area contributed by atoms with Crippen LogP contribution in [-0.2, 0) is 0 Å². The number of hydrogen-bond acceptors (Lipinski definition) is 3. The lowest BCUT2D eigenvalue weighted by molar-refractivity contribution is 0.191. The largest absolute Gasteiger partial charge is 0.457 e. The second-order valence-electron chi connectivity index (χ2n) is 4.44. The lowest BCUT2D eigenvalue weighted by Crippen LogP contribution is -2.01. The van der Waals surface area contributed by atoms with Crippen LogP contribution in [0.25, 0.3) is 11.0 Å². The van der Waals surface area contributed by atoms with Gasteiger partial charge in [0.1, 0.15) is 17.4 Å². The molecular weight excluding hydrogens is 306 g/mol. The molecule has 1 atom stereocenters. The van der Waals surface area contributed by atoms with Crippen LogP contribution in [0.3, 0.4) is 0 Å². The number of aliphatic hydroxyl groups excluding tert-OH is 1. The highest BCUT2D eigenvalue weighted by atomic mass is 79.9. The summed E-state index contributed by atoms with van der Waals surface area (Å²) < 4.78 is 6.63. The van der Waals surface area contributed by atoms with Crippen molar-refractivity contribution in [2.45, 2.75) is 13.0 Å². The van der Waals surface area contributed by atoms with Gasteiger partial charge in [0.05, 0.1) is 4.47 Å². The lowest BCUT2D eigenvalue weighted by Gasteiger charge is -2.10. The Balaban J connectivity index is 2.10. The Kier molecular flexibility index (Phi) is 3.12. The summed E-state index contributed by atoms with van der Waals surface area (Å²) in [4.78, 5) is 4.05. The molecule has 0 aliphatic rings. The van der Waals surface area contributed by atoms with Gasteiger partial charge in [-0.25, -0.2) is 0 Å². The summed E-state index contributed by atoms with van der Waals surface area (Å²) in [6.07, 6.45) is 2.58. The molecule has 1 unspecified atom stereocenters. The maximum absolute atomic E-state index is 10.4. The third-order valence-electron chi connectivity index (χ3n) is 3.16. The highest BCUT2D eigenvalue weighted by Crippen LogP contribution is 2.32. The SMILES string of the molecule is Cc1ccncc1C(O)c1cc2cccc(Br)c2o1. The van der Waals surface area contributed by atoms with Crippen LogP contribution in [0.2, 0.25) is 0 Å². The Morgan fingerprint density at radius 2 is 2.16 bits per heavy atom. The number of furan rings is 1. The van der Waals surface area contributed by atoms with Gasteiger partial charge in [0.25, 0.3) is 0 Å². The summed E-state index contributed by atoms with van der Waals surface area (Å²) >= 11 is 3.44. The second-order valence-corrected chi connectivity index (χ2v) is 5.30. The fraction of sp³-hybridized carbons (Fsp3) is 0.133. The summed E-state index contributed by atoms with van der Waals surface area (Å²) in [5.74, 6) is 0.526. The summed E-state index contributed by atoms with van der Waals surface area (Å²) in [5.41, 5.74) is 2.50. The zero-order chi connectivity index (χ0) is 13.4. The Morgan fingerprint density at radius 3 is 2.89 bits per heavy atom. The van der Waals surface area contributed by atoms with Crippen LogP contribution in [0.15, 0.2) is 51.6 Å². The Bertz CT molecular complexity index is 736. The molecular formula is C15H12BrNO2. The number of fused-ring (bicyclic) bond motifs is 1. The smallest absolute Gasteiger partial charge is 0.148 e. The van der Waals surface area contributed by atoms with E-state index in [0.717, 1.165) is 26.6 Å². The number of benzene rings is 1. The zero-order valence-electron chi connectivity index (χ0n) is 10.3. The molecule has 0 saturated heterocycles. The minimum absolute atomic E-state index is 0.526. The maximum Gasteiger partial charge on any atom is 0.148 e. The van der Waals surface area contributed by atoms with E-state index in [1.54, 1.807) is 12.4 Å². The van der Waals surface area contributed by atoms with E-state index in [1.165, 1.54) is 0 Å². The predicted octanol–water partition coefficient (Wildman–Crippen LogP) is 3.98. The number of aliphatic hydroxyl groups is 1. The first-order chi connectivity index (χ1) is 9.16. The summed E-state index contributed by atoms with van der Waals surface area (Å²) in [7, 11) is 0. The fourth-order valence-corrected chi connectivity index (χ4v) is 2.56. The van der Waals surface area contributed by atoms with Crippen molar-refractivity contribution in [1.82, 2.24) is 4.98 Å². The summed E-state index contributed by atoms with van der Waals surface area (Å²) in [6.45, 7) is 1.94. The number of aromatic nitrogens is 1. The Labute approximate surface area is 119 Å². The molecule has 0 radical (unpaired) electrons. The molecule has 0 fully saturated rings. The fourth-order valence-electron chi connectivity index (χ4n) is 2.10. The van der Waals surface area contributed by atoms with Crippen LogP contribution >= 0.6 is 15.9 Å². The first-order valence-electron chi connectivity index (χ1n) is 5.93. The van der Waals surface area contributed by atoms with Crippen molar-refractivity contribution in [1.29, 1.82) is 0 Å². The zero-order valence-corrected chi connectivity index (χ0v) is 11.9. The third kappa shape index (κ3) is 2.17. The van der Waals surface area contributed by atoms with Crippen LogP contribution < -0.4 is 0 Å². The molecule has 0 spiro atoms. The number of pyridine rings is 1. The van der Waals surface area contributed by atoms with Gasteiger partial charge in [0.15, 0.2) is 0 Å². The van der Waals surface area contributed by atoms with Crippen LogP contribution in [0.4, 0.5) is 0 Å². The molecule has 3 nitrogen and oxygen atoms in total. The number of halogens is 1. The van der Waals surface area contributed by atoms with Crippen LogP contribution in [0.1, 0.15) is 23.0 Å². The van der Waals surface area contributed by atoms with E-state index < -0.39 is 6.10 Å². The van der Waals surface area contributed by atoms with Gasteiger partial charge in [-0.2, -0.15) is 0 Å². The van der Waals surface area contributed by atoms with Gasteiger partial charge in [-0.1, -0.05) is 12.1 Å². The normalized spacial score (nSPS) is 12.8. The van der Waals surface area contributed by atoms with Crippen LogP contribution in [0.5, 0.6) is 0 Å². The standard InChI is InChI=1S/C15H12BrNO2/c1-9-5-6-17-8-11(9)14(18)13-7-10-3-2-4-12(16)15(10)19-13/h2-8,14,18H,1H3. The van der Waals surface area contributed by atoms with Gasteiger partial charge < -0.3 is 9.52 Å². The van der Waals surface area contributed by atoms with E-state index in [9.17, 15) is 5.11 Å². The van der Waals surface area contributed by atoms with Crippen molar-refractivity contribution >= 4 is 26.9 Å². The molecule has 1 N–H and O–H groups in total. The van der Waals surface area contributed by atoms with Crippen molar-refractivity contribution in [2.24, 2.45) is 0 Å². The van der Waals surface area contributed by atoms with E-state index in [4.69, 9.17) is 4.42 Å². The van der Waals surface area contributed by atoms with E-state index in [1.807, 2.05) is 37.3 Å². The first-order valence-corrected chi connectivity index (χ1v) is 6.72. The van der Waals surface area contributed by atoms with E-state index in [2.05, 4.69) is 20.9 Å². The van der Waals surface area contributed by atoms with E-state index >= 15 is 0 Å². The molecule has 0 bridgehead atoms. The molecule has 0 aliphatic heterocycles. The molecule has 4 heteroatoms. The van der Waals surface area contributed by atoms with Gasteiger partial charge in [0, 0.05) is 23.3 Å². The highest BCUT2D eigenvalue weighted by molar-refractivity contribution is 9.10. The molecule has 2 aromatic heterocycles. The monoisotopic (exact) mass is 317 g/mol. The van der Waals surface area contributed by atoms with Gasteiger partial charge in [-0.3, -0.25) is 4.98 Å². The number of para-hydroxylation sites is 1. The van der Waals surface area contributed by atoms with Crippen molar-refractivity contribution in [2.75, 3.05) is 0 Å². The number of rotatable bonds is 2. The van der Waals surface area contributed by atoms with Crippen molar-refractivity contribution < 1.29 is 9.52 Å². The van der Waals surface area contributed by atoms with Crippen molar-refractivity contribution in [3.05, 3.63) is 64.1 Å². The minimum atomic E-state index is -0.798. The van der Waals surface area contributed by atoms with Crippen LogP contribution in [0, 0.1) is 6.92 Å². The van der Waals surface area contributed by atoms with E-state index in [0.29, 0.717) is 5.76 Å². The molecule has 2 heterocycles. The number of aryl methyl sites for hydroxylation is 1. The van der Waals surface area contributed by atoms with Gasteiger partial charge in [0.2, 0.25) is 0 Å². The van der Waals surface area contributed by atoms with E-state index in [-0.39, 0.29) is 0 Å². The first kappa shape index (κ1) is 12.4. The summed E-state index contributed by atoms with van der Waals surface area (Å²) in [5, 5.41) is 11.4. The van der Waals surface area contributed by atoms with Crippen molar-refractivity contribution in [3.8, 4) is 0 Å². The number of hydrogen-bond donors (Lipinski definition) is 1. The van der Waals surface area contributed by atoms with Gasteiger partial charge in [-0.15, -0.1) is 0 Å². The summed E-state index contributed by atoms with van der Waals surface area (Å²) in [6, 6.07) is 9.54. The minimum Gasteiger partial charge on any atom is -0.457 e. The molecule has 0 aliphatic carbocycles. The highest BCUT2D eigenvalue weighted by Gasteiger charge is 2.18. The van der Waals surface area contributed by atoms with Crippen molar-refractivity contribution in [3.63, 3.8) is 0 Å². The topological polar surface area (TPSA) is 46.3 Å². The molecule has 3 rings (SSSR count). The predicted molar refractivity (Wildman–Crippen MR) is 76.9 cm³/mol. The maximum atomic E-state index is 10.4. The average Bonchev–Trinajstić information content (AvgIpc) is 2.84. The molecule has 3 aromatic rings. The van der Waals surface area contributed by atoms with Crippen LogP contribution in [-0.4, -0.2) is 10.1 Å². The average molecular weight is 318 g/mol. The molecule has 96 valence electrons. The lowest BCUT2D eigenvalue weighted by atomic mass is 10.0. The third-order valence-corrected chi connectivity index (χ3v) is 3.78.